The first-order valence-electron chi connectivity index (χ1n) is 6.85. The van der Waals surface area contributed by atoms with E-state index in [1.807, 2.05) is 6.07 Å². The Balaban J connectivity index is 1.69. The molecule has 2 aromatic heterocycles. The molecule has 0 saturated carbocycles. The van der Waals surface area contributed by atoms with Crippen LogP contribution in [0.5, 0.6) is 11.5 Å². The van der Waals surface area contributed by atoms with Crippen molar-refractivity contribution in [2.75, 3.05) is 6.79 Å². The summed E-state index contributed by atoms with van der Waals surface area (Å²) in [6, 6.07) is 10.6. The monoisotopic (exact) mass is 309 g/mol. The minimum absolute atomic E-state index is 0.168. The van der Waals surface area contributed by atoms with Crippen molar-refractivity contribution < 1.29 is 9.47 Å². The first-order chi connectivity index (χ1) is 11.3. The summed E-state index contributed by atoms with van der Waals surface area (Å²) in [7, 11) is 0. The van der Waals surface area contributed by atoms with E-state index in [1.54, 1.807) is 36.5 Å². The number of pyridine rings is 1. The van der Waals surface area contributed by atoms with E-state index in [0.29, 0.717) is 28.6 Å². The van der Waals surface area contributed by atoms with Crippen LogP contribution >= 0.6 is 0 Å². The number of aromatic nitrogens is 3. The Morgan fingerprint density at radius 3 is 2.83 bits per heavy atom. The maximum atomic E-state index is 11.9. The topological polar surface area (TPSA) is 105 Å². The maximum Gasteiger partial charge on any atom is 0.292 e. The molecule has 8 nitrogen and oxygen atoms in total. The van der Waals surface area contributed by atoms with Crippen molar-refractivity contribution in [3.63, 3.8) is 0 Å². The van der Waals surface area contributed by atoms with Gasteiger partial charge in [0.25, 0.3) is 5.56 Å². The summed E-state index contributed by atoms with van der Waals surface area (Å²) in [5.41, 5.74) is 1.45. The van der Waals surface area contributed by atoms with Crippen LogP contribution < -0.4 is 15.0 Å². The molecule has 114 valence electrons. The van der Waals surface area contributed by atoms with Gasteiger partial charge in [0, 0.05) is 12.3 Å². The zero-order valence-electron chi connectivity index (χ0n) is 11.8. The number of nitrogens with zero attached hydrogens (tertiary/aromatic N) is 3. The van der Waals surface area contributed by atoms with Gasteiger partial charge >= 0.3 is 0 Å². The van der Waals surface area contributed by atoms with Gasteiger partial charge in [-0.2, -0.15) is 5.11 Å². The molecule has 1 aliphatic rings. The summed E-state index contributed by atoms with van der Waals surface area (Å²) in [5, 5.41) is 13.4. The van der Waals surface area contributed by atoms with Gasteiger partial charge in [0.15, 0.2) is 17.2 Å². The van der Waals surface area contributed by atoms with Gasteiger partial charge in [0.2, 0.25) is 6.79 Å². The molecule has 0 unspecified atom stereocenters. The Morgan fingerprint density at radius 2 is 1.96 bits per heavy atom. The molecule has 23 heavy (non-hydrogen) atoms. The first kappa shape index (κ1) is 13.3. The number of ether oxygens (including phenoxy) is 2. The van der Waals surface area contributed by atoms with Crippen molar-refractivity contribution in [2.24, 2.45) is 10.2 Å². The van der Waals surface area contributed by atoms with E-state index in [9.17, 15) is 4.79 Å². The van der Waals surface area contributed by atoms with Crippen molar-refractivity contribution in [3.8, 4) is 22.9 Å². The third-order valence-corrected chi connectivity index (χ3v) is 3.30. The lowest BCUT2D eigenvalue weighted by atomic mass is 10.2. The number of rotatable bonds is 3. The normalized spacial score (nSPS) is 12.9. The number of nitrogens with one attached hydrogen (secondary N) is 2. The SMILES string of the molecule is O=c1[nH][nH]c(-c2ccccn2)c1N=Nc1ccc2c(c1)OCO2. The van der Waals surface area contributed by atoms with Crippen LogP contribution in [-0.2, 0) is 0 Å². The number of fused-ring (bicyclic) bond motifs is 1. The van der Waals surface area contributed by atoms with Crippen molar-refractivity contribution in [2.45, 2.75) is 0 Å². The predicted octanol–water partition coefficient (Wildman–Crippen LogP) is 2.91. The fourth-order valence-corrected chi connectivity index (χ4v) is 2.20. The van der Waals surface area contributed by atoms with Gasteiger partial charge < -0.3 is 9.47 Å². The summed E-state index contributed by atoms with van der Waals surface area (Å²) in [5.74, 6) is 1.27. The summed E-state index contributed by atoms with van der Waals surface area (Å²) < 4.78 is 10.5. The van der Waals surface area contributed by atoms with Crippen LogP contribution in [0, 0.1) is 0 Å². The van der Waals surface area contributed by atoms with E-state index in [0.717, 1.165) is 0 Å². The molecule has 0 fully saturated rings. The lowest BCUT2D eigenvalue weighted by molar-refractivity contribution is 0.174. The Hall–Kier alpha value is -3.42. The number of hydrogen-bond acceptors (Lipinski definition) is 6. The highest BCUT2D eigenvalue weighted by Gasteiger charge is 2.14. The summed E-state index contributed by atoms with van der Waals surface area (Å²) in [4.78, 5) is 16.1. The van der Waals surface area contributed by atoms with Gasteiger partial charge in [-0.3, -0.25) is 20.0 Å². The second-order valence-corrected chi connectivity index (χ2v) is 4.76. The van der Waals surface area contributed by atoms with Gasteiger partial charge in [0.1, 0.15) is 5.69 Å². The lowest BCUT2D eigenvalue weighted by Gasteiger charge is -1.98. The average molecular weight is 309 g/mol. The number of azo groups is 1. The minimum atomic E-state index is -0.366. The Bertz CT molecular complexity index is 930. The van der Waals surface area contributed by atoms with Crippen molar-refractivity contribution in [1.29, 1.82) is 0 Å². The van der Waals surface area contributed by atoms with Crippen LogP contribution in [0.2, 0.25) is 0 Å². The molecular weight excluding hydrogens is 298 g/mol. The molecule has 8 heteroatoms. The van der Waals surface area contributed by atoms with E-state index in [1.165, 1.54) is 0 Å². The van der Waals surface area contributed by atoms with Crippen LogP contribution in [0.4, 0.5) is 11.4 Å². The largest absolute Gasteiger partial charge is 0.454 e. The van der Waals surface area contributed by atoms with Gasteiger partial charge in [0.05, 0.1) is 11.4 Å². The number of benzene rings is 1. The van der Waals surface area contributed by atoms with Crippen LogP contribution in [0.25, 0.3) is 11.4 Å². The van der Waals surface area contributed by atoms with Crippen molar-refractivity contribution >= 4 is 11.4 Å². The highest BCUT2D eigenvalue weighted by Crippen LogP contribution is 2.35. The second-order valence-electron chi connectivity index (χ2n) is 4.76. The molecule has 0 spiro atoms. The van der Waals surface area contributed by atoms with E-state index < -0.39 is 0 Å². The maximum absolute atomic E-state index is 11.9. The third kappa shape index (κ3) is 2.46. The molecule has 3 aromatic rings. The molecule has 2 N–H and O–H groups in total. The van der Waals surface area contributed by atoms with Crippen molar-refractivity contribution in [3.05, 3.63) is 52.9 Å². The number of H-pyrrole nitrogens is 2. The molecule has 0 bridgehead atoms. The Morgan fingerprint density at radius 1 is 1.04 bits per heavy atom. The van der Waals surface area contributed by atoms with Gasteiger partial charge in [-0.05, 0) is 24.3 Å². The summed E-state index contributed by atoms with van der Waals surface area (Å²) >= 11 is 0. The zero-order chi connectivity index (χ0) is 15.6. The zero-order valence-corrected chi connectivity index (χ0v) is 11.8. The average Bonchev–Trinajstić information content (AvgIpc) is 3.19. The molecule has 0 amide bonds. The van der Waals surface area contributed by atoms with E-state index in [2.05, 4.69) is 25.4 Å². The van der Waals surface area contributed by atoms with E-state index in [-0.39, 0.29) is 18.0 Å². The molecule has 4 rings (SSSR count). The lowest BCUT2D eigenvalue weighted by Crippen LogP contribution is -1.96. The quantitative estimate of drug-likeness (QED) is 0.726. The molecule has 0 radical (unpaired) electrons. The molecular formula is C15H11N5O3. The van der Waals surface area contributed by atoms with Gasteiger partial charge in [-0.1, -0.05) is 6.07 Å². The minimum Gasteiger partial charge on any atom is -0.454 e. The second kappa shape index (κ2) is 5.41. The van der Waals surface area contributed by atoms with Crippen LogP contribution in [0.3, 0.4) is 0 Å². The fraction of sp³-hybridized carbons (Fsp3) is 0.0667. The molecule has 0 saturated heterocycles. The van der Waals surface area contributed by atoms with Crippen LogP contribution in [0.15, 0.2) is 57.6 Å². The van der Waals surface area contributed by atoms with E-state index in [4.69, 9.17) is 9.47 Å². The Kier molecular flexibility index (Phi) is 3.12. The van der Waals surface area contributed by atoms with Gasteiger partial charge in [-0.15, -0.1) is 5.11 Å². The smallest absolute Gasteiger partial charge is 0.292 e. The molecule has 0 aliphatic carbocycles. The number of hydrogen-bond donors (Lipinski definition) is 2. The molecule has 1 aliphatic heterocycles. The van der Waals surface area contributed by atoms with Crippen LogP contribution in [0.1, 0.15) is 0 Å². The van der Waals surface area contributed by atoms with Crippen LogP contribution in [-0.4, -0.2) is 22.0 Å². The van der Waals surface area contributed by atoms with E-state index >= 15 is 0 Å². The molecule has 0 atom stereocenters. The number of aromatic amines is 2. The predicted molar refractivity (Wildman–Crippen MR) is 81.4 cm³/mol. The summed E-state index contributed by atoms with van der Waals surface area (Å²) in [6.45, 7) is 0.192. The highest BCUT2D eigenvalue weighted by molar-refractivity contribution is 5.68. The molecule has 3 heterocycles. The first-order valence-corrected chi connectivity index (χ1v) is 6.85. The third-order valence-electron chi connectivity index (χ3n) is 3.30. The van der Waals surface area contributed by atoms with Gasteiger partial charge in [-0.25, -0.2) is 0 Å². The van der Waals surface area contributed by atoms with Crippen molar-refractivity contribution in [1.82, 2.24) is 15.2 Å². The standard InChI is InChI=1S/C15H11N5O3/c21-15-14(13(18-20-15)10-3-1-2-6-16-10)19-17-9-4-5-11-12(7-9)23-8-22-11/h1-7H,8H2,(H2,18,20,21). The summed E-state index contributed by atoms with van der Waals surface area (Å²) in [6.07, 6.45) is 1.64. The highest BCUT2D eigenvalue weighted by atomic mass is 16.7. The molecule has 1 aromatic carbocycles. The fourth-order valence-electron chi connectivity index (χ4n) is 2.20. The Labute approximate surface area is 129 Å².